The van der Waals surface area contributed by atoms with Gasteiger partial charge in [0.25, 0.3) is 5.91 Å². The van der Waals surface area contributed by atoms with Crippen LogP contribution in [0.2, 0.25) is 0 Å². The Morgan fingerprint density at radius 3 is 2.41 bits per heavy atom. The number of benzene rings is 1. The SMILES string of the molecule is O=C(c1ccccc1C(F)(F)F)N1CCc2c(ncnc2NCC23CC4CC(CC(C4)C2)C3)C1. The van der Waals surface area contributed by atoms with Crippen molar-refractivity contribution in [3.05, 3.63) is 53.0 Å². The summed E-state index contributed by atoms with van der Waals surface area (Å²) in [4.78, 5) is 23.4. The third kappa shape index (κ3) is 3.85. The molecule has 180 valence electrons. The molecule has 8 heteroatoms. The molecule has 2 aromatic rings. The number of carbonyl (C=O) groups excluding carboxylic acids is 1. The number of carbonyl (C=O) groups is 1. The summed E-state index contributed by atoms with van der Waals surface area (Å²) in [5.74, 6) is 2.85. The number of hydrogen-bond acceptors (Lipinski definition) is 4. The van der Waals surface area contributed by atoms with E-state index in [1.807, 2.05) is 0 Å². The normalized spacial score (nSPS) is 29.7. The van der Waals surface area contributed by atoms with Gasteiger partial charge in [-0.15, -0.1) is 0 Å². The molecule has 4 bridgehead atoms. The highest BCUT2D eigenvalue weighted by Gasteiger charge is 2.50. The molecule has 0 radical (unpaired) electrons. The Bertz CT molecular complexity index is 1080. The number of aromatic nitrogens is 2. The Morgan fingerprint density at radius 1 is 1.06 bits per heavy atom. The molecule has 0 spiro atoms. The average molecular weight is 471 g/mol. The van der Waals surface area contributed by atoms with Gasteiger partial charge >= 0.3 is 6.18 Å². The summed E-state index contributed by atoms with van der Waals surface area (Å²) >= 11 is 0. The van der Waals surface area contributed by atoms with E-state index < -0.39 is 17.6 Å². The lowest BCUT2D eigenvalue weighted by atomic mass is 9.49. The zero-order valence-corrected chi connectivity index (χ0v) is 19.1. The van der Waals surface area contributed by atoms with Crippen molar-refractivity contribution in [1.29, 1.82) is 0 Å². The zero-order valence-electron chi connectivity index (χ0n) is 19.1. The summed E-state index contributed by atoms with van der Waals surface area (Å²) in [5, 5.41) is 3.63. The van der Waals surface area contributed by atoms with Crippen LogP contribution in [0.3, 0.4) is 0 Å². The van der Waals surface area contributed by atoms with Crippen LogP contribution in [0.1, 0.15) is 65.7 Å². The van der Waals surface area contributed by atoms with Crippen molar-refractivity contribution in [3.8, 4) is 0 Å². The number of nitrogens with zero attached hydrogens (tertiary/aromatic N) is 3. The quantitative estimate of drug-likeness (QED) is 0.657. The first-order valence-electron chi connectivity index (χ1n) is 12.3. The smallest absolute Gasteiger partial charge is 0.369 e. The molecular weight excluding hydrogens is 441 g/mol. The Morgan fingerprint density at radius 2 is 1.74 bits per heavy atom. The van der Waals surface area contributed by atoms with Gasteiger partial charge in [0.1, 0.15) is 12.1 Å². The van der Waals surface area contributed by atoms with Gasteiger partial charge in [-0.05, 0) is 80.2 Å². The number of halogens is 3. The van der Waals surface area contributed by atoms with Crippen molar-refractivity contribution in [3.63, 3.8) is 0 Å². The summed E-state index contributed by atoms with van der Waals surface area (Å²) < 4.78 is 40.3. The molecule has 4 aliphatic carbocycles. The molecule has 4 fully saturated rings. The van der Waals surface area contributed by atoms with Crippen LogP contribution in [0.25, 0.3) is 0 Å². The van der Waals surface area contributed by atoms with Crippen molar-refractivity contribution < 1.29 is 18.0 Å². The summed E-state index contributed by atoms with van der Waals surface area (Å²) in [6, 6.07) is 4.98. The second kappa shape index (κ2) is 7.95. The summed E-state index contributed by atoms with van der Waals surface area (Å²) in [6.07, 6.45) is 5.59. The Labute approximate surface area is 197 Å². The molecule has 5 nitrogen and oxygen atoms in total. The maximum Gasteiger partial charge on any atom is 0.417 e. The second-order valence-corrected chi connectivity index (χ2v) is 10.9. The second-order valence-electron chi connectivity index (χ2n) is 10.9. The van der Waals surface area contributed by atoms with Gasteiger partial charge in [0.2, 0.25) is 0 Å². The van der Waals surface area contributed by atoms with Crippen LogP contribution in [0.5, 0.6) is 0 Å². The molecule has 4 saturated carbocycles. The fraction of sp³-hybridized carbons (Fsp3) is 0.577. The van der Waals surface area contributed by atoms with Crippen LogP contribution in [0.4, 0.5) is 19.0 Å². The maximum absolute atomic E-state index is 13.4. The van der Waals surface area contributed by atoms with Gasteiger partial charge in [-0.25, -0.2) is 9.97 Å². The number of hydrogen-bond donors (Lipinski definition) is 1. The van der Waals surface area contributed by atoms with Crippen LogP contribution in [0.15, 0.2) is 30.6 Å². The van der Waals surface area contributed by atoms with Gasteiger partial charge in [-0.3, -0.25) is 4.79 Å². The van der Waals surface area contributed by atoms with E-state index in [-0.39, 0.29) is 12.1 Å². The predicted molar refractivity (Wildman–Crippen MR) is 121 cm³/mol. The van der Waals surface area contributed by atoms with Crippen LogP contribution >= 0.6 is 0 Å². The van der Waals surface area contributed by atoms with Crippen molar-refractivity contribution >= 4 is 11.7 Å². The van der Waals surface area contributed by atoms with Crippen molar-refractivity contribution in [1.82, 2.24) is 14.9 Å². The number of anilines is 1. The number of fused-ring (bicyclic) bond motifs is 1. The predicted octanol–water partition coefficient (Wildman–Crippen LogP) is 5.32. The standard InChI is InChI=1S/C26H29F3N4O/c27-26(28,29)21-4-2-1-3-19(21)24(34)33-6-5-20-22(13-33)31-15-32-23(20)30-14-25-10-16-7-17(11-25)9-18(8-16)12-25/h1-4,15-18H,5-14H2,(H,30,31,32). The molecule has 1 aliphatic heterocycles. The Kier molecular flexibility index (Phi) is 5.12. The molecule has 1 N–H and O–H groups in total. The molecule has 0 atom stereocenters. The molecule has 0 unspecified atom stereocenters. The Balaban J connectivity index is 1.18. The summed E-state index contributed by atoms with van der Waals surface area (Å²) in [6.45, 7) is 1.45. The maximum atomic E-state index is 13.4. The number of rotatable bonds is 4. The lowest BCUT2D eigenvalue weighted by Gasteiger charge is -2.57. The van der Waals surface area contributed by atoms with Crippen molar-refractivity contribution in [2.24, 2.45) is 23.2 Å². The largest absolute Gasteiger partial charge is 0.417 e. The van der Waals surface area contributed by atoms with E-state index in [4.69, 9.17) is 0 Å². The molecule has 1 amide bonds. The van der Waals surface area contributed by atoms with Gasteiger partial charge < -0.3 is 10.2 Å². The number of nitrogens with one attached hydrogen (secondary N) is 1. The molecule has 7 rings (SSSR count). The van der Waals surface area contributed by atoms with E-state index in [2.05, 4.69) is 15.3 Å². The minimum absolute atomic E-state index is 0.189. The fourth-order valence-electron chi connectivity index (χ4n) is 7.54. The van der Waals surface area contributed by atoms with Gasteiger partial charge in [-0.1, -0.05) is 12.1 Å². The van der Waals surface area contributed by atoms with Crippen molar-refractivity contribution in [2.45, 2.75) is 57.7 Å². The number of alkyl halides is 3. The van der Waals surface area contributed by atoms with Gasteiger partial charge in [-0.2, -0.15) is 13.2 Å². The molecular formula is C26H29F3N4O. The summed E-state index contributed by atoms with van der Waals surface area (Å²) in [7, 11) is 0. The lowest BCUT2D eigenvalue weighted by molar-refractivity contribution is -0.138. The van der Waals surface area contributed by atoms with Gasteiger partial charge in [0, 0.05) is 18.7 Å². The van der Waals surface area contributed by atoms with E-state index in [9.17, 15) is 18.0 Å². The van der Waals surface area contributed by atoms with Crippen LogP contribution in [-0.2, 0) is 19.1 Å². The van der Waals surface area contributed by atoms with E-state index in [1.165, 1.54) is 68.0 Å². The fourth-order valence-corrected chi connectivity index (χ4v) is 7.54. The zero-order chi connectivity index (χ0) is 23.5. The molecule has 34 heavy (non-hydrogen) atoms. The molecule has 5 aliphatic rings. The van der Waals surface area contributed by atoms with Crippen LogP contribution in [-0.4, -0.2) is 33.9 Å². The highest BCUT2D eigenvalue weighted by Crippen LogP contribution is 2.60. The minimum atomic E-state index is -4.57. The van der Waals surface area contributed by atoms with Crippen molar-refractivity contribution in [2.75, 3.05) is 18.4 Å². The monoisotopic (exact) mass is 470 g/mol. The van der Waals surface area contributed by atoms with Crippen LogP contribution in [0, 0.1) is 23.2 Å². The Hall–Kier alpha value is -2.64. The summed E-state index contributed by atoms with van der Waals surface area (Å²) in [5.41, 5.74) is 0.858. The van der Waals surface area contributed by atoms with E-state index in [0.29, 0.717) is 24.1 Å². The highest BCUT2D eigenvalue weighted by molar-refractivity contribution is 5.96. The topological polar surface area (TPSA) is 58.1 Å². The lowest BCUT2D eigenvalue weighted by Crippen LogP contribution is -2.49. The first-order valence-corrected chi connectivity index (χ1v) is 12.3. The van der Waals surface area contributed by atoms with Gasteiger partial charge in [0.05, 0.1) is 23.4 Å². The van der Waals surface area contributed by atoms with E-state index in [0.717, 1.165) is 41.7 Å². The van der Waals surface area contributed by atoms with Crippen LogP contribution < -0.4 is 5.32 Å². The number of amides is 1. The molecule has 0 saturated heterocycles. The molecule has 1 aromatic heterocycles. The van der Waals surface area contributed by atoms with Gasteiger partial charge in [0.15, 0.2) is 0 Å². The van der Waals surface area contributed by atoms with E-state index in [1.54, 1.807) is 0 Å². The average Bonchev–Trinajstić information content (AvgIpc) is 2.80. The highest BCUT2D eigenvalue weighted by atomic mass is 19.4. The van der Waals surface area contributed by atoms with E-state index >= 15 is 0 Å². The third-order valence-corrected chi connectivity index (χ3v) is 8.55. The molecule has 2 heterocycles. The molecule has 1 aromatic carbocycles. The third-order valence-electron chi connectivity index (χ3n) is 8.55. The first-order chi connectivity index (χ1) is 16.3. The minimum Gasteiger partial charge on any atom is -0.369 e. The first kappa shape index (κ1) is 21.9.